The minimum atomic E-state index is -0.703. The SMILES string of the molecule is CC.CCc1ncc(C(=O)NC2CCC(=O)NC2=O)o1. The molecular formula is C13H19N3O4. The summed E-state index contributed by atoms with van der Waals surface area (Å²) in [5, 5.41) is 4.67. The van der Waals surface area contributed by atoms with Crippen molar-refractivity contribution in [2.24, 2.45) is 0 Å². The molecule has 2 heterocycles. The number of nitrogens with one attached hydrogen (secondary N) is 2. The van der Waals surface area contributed by atoms with Gasteiger partial charge in [0.15, 0.2) is 5.89 Å². The Hall–Kier alpha value is -2.18. The molecule has 20 heavy (non-hydrogen) atoms. The molecule has 1 unspecified atom stereocenters. The van der Waals surface area contributed by atoms with Crippen molar-refractivity contribution in [3.8, 4) is 0 Å². The van der Waals surface area contributed by atoms with Crippen LogP contribution < -0.4 is 10.6 Å². The molecule has 2 rings (SSSR count). The molecule has 0 aromatic carbocycles. The highest BCUT2D eigenvalue weighted by molar-refractivity contribution is 6.03. The highest BCUT2D eigenvalue weighted by Gasteiger charge is 2.28. The van der Waals surface area contributed by atoms with Crippen molar-refractivity contribution in [2.75, 3.05) is 0 Å². The van der Waals surface area contributed by atoms with Crippen molar-refractivity contribution in [2.45, 2.75) is 46.1 Å². The van der Waals surface area contributed by atoms with Gasteiger partial charge in [-0.1, -0.05) is 20.8 Å². The summed E-state index contributed by atoms with van der Waals surface area (Å²) < 4.78 is 5.17. The van der Waals surface area contributed by atoms with Crippen LogP contribution in [0.15, 0.2) is 10.6 Å². The smallest absolute Gasteiger partial charge is 0.289 e. The Morgan fingerprint density at radius 3 is 2.75 bits per heavy atom. The topological polar surface area (TPSA) is 101 Å². The summed E-state index contributed by atoms with van der Waals surface area (Å²) in [6.07, 6.45) is 2.42. The van der Waals surface area contributed by atoms with Crippen molar-refractivity contribution in [1.82, 2.24) is 15.6 Å². The number of aryl methyl sites for hydroxylation is 1. The summed E-state index contributed by atoms with van der Waals surface area (Å²) in [6, 6.07) is -0.703. The average molecular weight is 281 g/mol. The number of hydrogen-bond donors (Lipinski definition) is 2. The van der Waals surface area contributed by atoms with Crippen LogP contribution >= 0.6 is 0 Å². The van der Waals surface area contributed by atoms with E-state index < -0.39 is 17.9 Å². The number of imide groups is 1. The maximum Gasteiger partial charge on any atom is 0.289 e. The fourth-order valence-corrected chi connectivity index (χ4v) is 1.64. The van der Waals surface area contributed by atoms with Crippen LogP contribution in [-0.4, -0.2) is 28.7 Å². The zero-order valence-electron chi connectivity index (χ0n) is 11.9. The first-order valence-electron chi connectivity index (χ1n) is 6.69. The van der Waals surface area contributed by atoms with E-state index in [9.17, 15) is 14.4 Å². The highest BCUT2D eigenvalue weighted by atomic mass is 16.4. The Balaban J connectivity index is 0.000000956. The van der Waals surface area contributed by atoms with E-state index in [-0.39, 0.29) is 18.1 Å². The molecule has 1 aromatic heterocycles. The third-order valence-electron chi connectivity index (χ3n) is 2.62. The van der Waals surface area contributed by atoms with Crippen LogP contribution in [0.4, 0.5) is 0 Å². The van der Waals surface area contributed by atoms with E-state index in [1.165, 1.54) is 6.20 Å². The first-order valence-corrected chi connectivity index (χ1v) is 6.69. The zero-order valence-corrected chi connectivity index (χ0v) is 11.9. The number of oxazole rings is 1. The number of carbonyl (C=O) groups is 3. The number of nitrogens with zero attached hydrogens (tertiary/aromatic N) is 1. The lowest BCUT2D eigenvalue weighted by molar-refractivity contribution is -0.134. The lowest BCUT2D eigenvalue weighted by Gasteiger charge is -2.21. The van der Waals surface area contributed by atoms with Crippen LogP contribution in [0.1, 0.15) is 50.1 Å². The molecule has 1 saturated heterocycles. The van der Waals surface area contributed by atoms with Gasteiger partial charge in [-0.2, -0.15) is 0 Å². The predicted molar refractivity (Wildman–Crippen MR) is 70.9 cm³/mol. The maximum absolute atomic E-state index is 11.8. The van der Waals surface area contributed by atoms with Crippen molar-refractivity contribution in [3.63, 3.8) is 0 Å². The number of hydrogen-bond acceptors (Lipinski definition) is 5. The maximum atomic E-state index is 11.8. The first kappa shape index (κ1) is 15.9. The molecule has 0 aliphatic carbocycles. The molecule has 0 saturated carbocycles. The van der Waals surface area contributed by atoms with Gasteiger partial charge in [-0.05, 0) is 6.42 Å². The molecule has 0 spiro atoms. The van der Waals surface area contributed by atoms with Crippen LogP contribution in [0.25, 0.3) is 0 Å². The van der Waals surface area contributed by atoms with Gasteiger partial charge in [0.05, 0.1) is 6.20 Å². The highest BCUT2D eigenvalue weighted by Crippen LogP contribution is 2.08. The minimum Gasteiger partial charge on any atom is -0.436 e. The third kappa shape index (κ3) is 3.91. The van der Waals surface area contributed by atoms with E-state index in [4.69, 9.17) is 4.42 Å². The lowest BCUT2D eigenvalue weighted by Crippen LogP contribution is -2.52. The molecule has 7 heteroatoms. The second-order valence-corrected chi connectivity index (χ2v) is 3.95. The predicted octanol–water partition coefficient (Wildman–Crippen LogP) is 0.798. The Kier molecular flexibility index (Phi) is 5.89. The van der Waals surface area contributed by atoms with E-state index in [1.54, 1.807) is 0 Å². The van der Waals surface area contributed by atoms with Gasteiger partial charge in [-0.25, -0.2) is 4.98 Å². The summed E-state index contributed by atoms with van der Waals surface area (Å²) in [5.74, 6) is -0.787. The molecular weight excluding hydrogens is 262 g/mol. The Labute approximate surface area is 117 Å². The zero-order chi connectivity index (χ0) is 15.1. The van der Waals surface area contributed by atoms with Crippen molar-refractivity contribution < 1.29 is 18.8 Å². The van der Waals surface area contributed by atoms with Gasteiger partial charge in [0.2, 0.25) is 17.6 Å². The molecule has 0 radical (unpaired) electrons. The van der Waals surface area contributed by atoms with Crippen molar-refractivity contribution in [3.05, 3.63) is 17.8 Å². The fraction of sp³-hybridized carbons (Fsp3) is 0.538. The number of amides is 3. The third-order valence-corrected chi connectivity index (χ3v) is 2.62. The molecule has 1 aliphatic heterocycles. The van der Waals surface area contributed by atoms with Crippen LogP contribution in [0.5, 0.6) is 0 Å². The Bertz CT molecular complexity index is 496. The molecule has 7 nitrogen and oxygen atoms in total. The number of carbonyl (C=O) groups excluding carboxylic acids is 3. The van der Waals surface area contributed by atoms with E-state index in [1.807, 2.05) is 20.8 Å². The Morgan fingerprint density at radius 1 is 1.50 bits per heavy atom. The van der Waals surface area contributed by atoms with E-state index in [0.29, 0.717) is 18.7 Å². The second-order valence-electron chi connectivity index (χ2n) is 3.95. The molecule has 1 atom stereocenters. The van der Waals surface area contributed by atoms with Gasteiger partial charge in [-0.15, -0.1) is 0 Å². The first-order chi connectivity index (χ1) is 9.60. The van der Waals surface area contributed by atoms with Crippen LogP contribution in [0.3, 0.4) is 0 Å². The monoisotopic (exact) mass is 281 g/mol. The van der Waals surface area contributed by atoms with Crippen molar-refractivity contribution >= 4 is 17.7 Å². The number of rotatable bonds is 3. The molecule has 110 valence electrons. The van der Waals surface area contributed by atoms with E-state index in [2.05, 4.69) is 15.6 Å². The lowest BCUT2D eigenvalue weighted by atomic mass is 10.1. The van der Waals surface area contributed by atoms with Crippen molar-refractivity contribution in [1.29, 1.82) is 0 Å². The normalized spacial score (nSPS) is 17.9. The number of piperidine rings is 1. The summed E-state index contributed by atoms with van der Waals surface area (Å²) in [7, 11) is 0. The summed E-state index contributed by atoms with van der Waals surface area (Å²) in [5.41, 5.74) is 0. The van der Waals surface area contributed by atoms with Crippen LogP contribution in [0.2, 0.25) is 0 Å². The number of aromatic nitrogens is 1. The molecule has 1 fully saturated rings. The van der Waals surface area contributed by atoms with Crippen LogP contribution in [-0.2, 0) is 16.0 Å². The van der Waals surface area contributed by atoms with Gasteiger partial charge in [0.1, 0.15) is 6.04 Å². The standard InChI is InChI=1S/C11H13N3O4.C2H6/c1-2-9-12-5-7(18-9)11(17)13-6-3-4-8(15)14-10(6)16;1-2/h5-6H,2-4H2,1H3,(H,13,17)(H,14,15,16);1-2H3. The minimum absolute atomic E-state index is 0.0663. The quantitative estimate of drug-likeness (QED) is 0.798. The largest absolute Gasteiger partial charge is 0.436 e. The Morgan fingerprint density at radius 2 is 2.20 bits per heavy atom. The second kappa shape index (κ2) is 7.42. The molecule has 1 aromatic rings. The average Bonchev–Trinajstić information content (AvgIpc) is 2.93. The summed E-state index contributed by atoms with van der Waals surface area (Å²) in [4.78, 5) is 38.0. The van der Waals surface area contributed by atoms with Gasteiger partial charge in [-0.3, -0.25) is 19.7 Å². The summed E-state index contributed by atoms with van der Waals surface area (Å²) in [6.45, 7) is 5.85. The molecule has 2 N–H and O–H groups in total. The molecule has 3 amide bonds. The molecule has 0 bridgehead atoms. The van der Waals surface area contributed by atoms with Gasteiger partial charge >= 0.3 is 0 Å². The summed E-state index contributed by atoms with van der Waals surface area (Å²) >= 11 is 0. The van der Waals surface area contributed by atoms with Gasteiger partial charge in [0, 0.05) is 12.8 Å². The van der Waals surface area contributed by atoms with Crippen LogP contribution in [0, 0.1) is 0 Å². The fourth-order valence-electron chi connectivity index (χ4n) is 1.64. The van der Waals surface area contributed by atoms with E-state index in [0.717, 1.165) is 0 Å². The van der Waals surface area contributed by atoms with E-state index >= 15 is 0 Å². The van der Waals surface area contributed by atoms with Gasteiger partial charge < -0.3 is 9.73 Å². The molecule has 1 aliphatic rings. The van der Waals surface area contributed by atoms with Gasteiger partial charge in [0.25, 0.3) is 5.91 Å².